The van der Waals surface area contributed by atoms with E-state index in [4.69, 9.17) is 16.3 Å². The Morgan fingerprint density at radius 1 is 1.16 bits per heavy atom. The van der Waals surface area contributed by atoms with Gasteiger partial charge in [-0.3, -0.25) is 0 Å². The van der Waals surface area contributed by atoms with Gasteiger partial charge in [0.05, 0.1) is 30.6 Å². The summed E-state index contributed by atoms with van der Waals surface area (Å²) >= 11 is 5.84. The van der Waals surface area contributed by atoms with Crippen molar-refractivity contribution in [2.45, 2.75) is 30.8 Å². The van der Waals surface area contributed by atoms with Crippen molar-refractivity contribution in [3.63, 3.8) is 0 Å². The normalized spacial score (nSPS) is 22.0. The van der Waals surface area contributed by atoms with E-state index >= 15 is 0 Å². The Kier molecular flexibility index (Phi) is 6.46. The maximum absolute atomic E-state index is 14.0. The molecular weight excluding hydrogens is 448 g/mol. The zero-order chi connectivity index (χ0) is 22.2. The number of hydrogen-bond acceptors (Lipinski definition) is 6. The van der Waals surface area contributed by atoms with Crippen LogP contribution in [-0.4, -0.2) is 44.3 Å². The van der Waals surface area contributed by atoms with Crippen molar-refractivity contribution in [2.75, 3.05) is 30.9 Å². The molecule has 168 valence electrons. The van der Waals surface area contributed by atoms with Gasteiger partial charge in [0, 0.05) is 19.3 Å². The Morgan fingerprint density at radius 3 is 2.35 bits per heavy atom. The molecule has 4 rings (SSSR count). The second kappa shape index (κ2) is 8.96. The fraction of sp³-hybridized carbons (Fsp3) is 0.524. The van der Waals surface area contributed by atoms with Gasteiger partial charge < -0.3 is 9.64 Å². The van der Waals surface area contributed by atoms with E-state index in [-0.39, 0.29) is 12.2 Å². The van der Waals surface area contributed by atoms with E-state index in [1.165, 1.54) is 0 Å². The summed E-state index contributed by atoms with van der Waals surface area (Å²) in [4.78, 5) is 9.83. The summed E-state index contributed by atoms with van der Waals surface area (Å²) in [5.74, 6) is 0.229. The average molecular weight is 472 g/mol. The largest absolute Gasteiger partial charge is 0.376 e. The zero-order valence-corrected chi connectivity index (χ0v) is 18.7. The number of benzene rings is 1. The van der Waals surface area contributed by atoms with Crippen LogP contribution >= 0.6 is 11.6 Å². The molecule has 2 heterocycles. The minimum atomic E-state index is -3.96. The first-order valence-corrected chi connectivity index (χ1v) is 12.5. The Balaban J connectivity index is 1.22. The molecule has 1 aromatic heterocycles. The molecule has 2 fully saturated rings. The van der Waals surface area contributed by atoms with Gasteiger partial charge in [0.1, 0.15) is 16.5 Å². The van der Waals surface area contributed by atoms with Gasteiger partial charge in [-0.25, -0.2) is 27.2 Å². The smallest absolute Gasteiger partial charge is 0.225 e. The molecule has 10 heteroatoms. The van der Waals surface area contributed by atoms with E-state index in [0.29, 0.717) is 35.3 Å². The molecule has 31 heavy (non-hydrogen) atoms. The van der Waals surface area contributed by atoms with Gasteiger partial charge in [-0.1, -0.05) is 11.6 Å². The molecule has 0 N–H and O–H groups in total. The van der Waals surface area contributed by atoms with E-state index in [2.05, 4.69) is 14.9 Å². The van der Waals surface area contributed by atoms with Crippen molar-refractivity contribution in [1.29, 1.82) is 0 Å². The van der Waals surface area contributed by atoms with E-state index in [0.717, 1.165) is 50.7 Å². The maximum Gasteiger partial charge on any atom is 0.225 e. The summed E-state index contributed by atoms with van der Waals surface area (Å²) in [6, 6.07) is 2.05. The van der Waals surface area contributed by atoms with Crippen LogP contribution in [0.25, 0.3) is 0 Å². The number of rotatable bonds is 7. The van der Waals surface area contributed by atoms with Crippen LogP contribution in [0.3, 0.4) is 0 Å². The summed E-state index contributed by atoms with van der Waals surface area (Å²) in [5, 5.41) is 0.524. The first-order chi connectivity index (χ1) is 14.7. The summed E-state index contributed by atoms with van der Waals surface area (Å²) in [6.45, 7) is 2.39. The Labute approximate surface area is 185 Å². The van der Waals surface area contributed by atoms with Gasteiger partial charge in [-0.15, -0.1) is 0 Å². The van der Waals surface area contributed by atoms with Gasteiger partial charge >= 0.3 is 0 Å². The molecule has 1 saturated carbocycles. The highest BCUT2D eigenvalue weighted by Gasteiger charge is 2.43. The first kappa shape index (κ1) is 22.4. The molecule has 1 saturated heterocycles. The van der Waals surface area contributed by atoms with Gasteiger partial charge in [0.25, 0.3) is 0 Å². The van der Waals surface area contributed by atoms with E-state index < -0.39 is 26.4 Å². The number of aromatic nitrogens is 2. The molecular formula is C21H24ClF2N3O3S. The second-order valence-electron chi connectivity index (χ2n) is 8.36. The molecule has 6 nitrogen and oxygen atoms in total. The quantitative estimate of drug-likeness (QED) is 0.610. The molecule has 2 atom stereocenters. The Hall–Kier alpha value is -1.84. The van der Waals surface area contributed by atoms with Crippen molar-refractivity contribution >= 4 is 27.4 Å². The SMILES string of the molecule is CS(=O)(=O)c1c(F)cc(COCC2CC2C2CCN(c3ncc(Cl)cn3)CC2)cc1F. The summed E-state index contributed by atoms with van der Waals surface area (Å²) < 4.78 is 56.6. The molecule has 2 unspecified atom stereocenters. The predicted octanol–water partition coefficient (Wildman–Crippen LogP) is 3.88. The third-order valence-electron chi connectivity index (χ3n) is 6.04. The third-order valence-corrected chi connectivity index (χ3v) is 7.37. The van der Waals surface area contributed by atoms with Crippen LogP contribution in [0, 0.1) is 29.4 Å². The number of sulfone groups is 1. The van der Waals surface area contributed by atoms with E-state index in [9.17, 15) is 17.2 Å². The second-order valence-corrected chi connectivity index (χ2v) is 10.8. The Bertz CT molecular complexity index is 1020. The minimum absolute atomic E-state index is 0.0491. The predicted molar refractivity (Wildman–Crippen MR) is 113 cm³/mol. The van der Waals surface area contributed by atoms with Crippen molar-refractivity contribution < 1.29 is 21.9 Å². The number of anilines is 1. The third kappa shape index (κ3) is 5.32. The molecule has 0 amide bonds. The van der Waals surface area contributed by atoms with Gasteiger partial charge in [-0.05, 0) is 54.7 Å². The molecule has 2 aromatic rings. The highest BCUT2D eigenvalue weighted by Crippen LogP contribution is 2.48. The van der Waals surface area contributed by atoms with Crippen molar-refractivity contribution in [3.8, 4) is 0 Å². The van der Waals surface area contributed by atoms with Crippen LogP contribution in [-0.2, 0) is 21.2 Å². The summed E-state index contributed by atoms with van der Waals surface area (Å²) in [6.07, 6.45) is 7.23. The lowest BCUT2D eigenvalue weighted by atomic mass is 9.91. The summed E-state index contributed by atoms with van der Waals surface area (Å²) in [5.41, 5.74) is 0.288. The topological polar surface area (TPSA) is 72.4 Å². The molecule has 1 aliphatic carbocycles. The number of piperidine rings is 1. The minimum Gasteiger partial charge on any atom is -0.376 e. The number of halogens is 3. The lowest BCUT2D eigenvalue weighted by molar-refractivity contribution is 0.103. The Morgan fingerprint density at radius 2 is 1.77 bits per heavy atom. The number of ether oxygens (including phenoxy) is 1. The lowest BCUT2D eigenvalue weighted by Crippen LogP contribution is -2.35. The van der Waals surface area contributed by atoms with Crippen molar-refractivity contribution in [1.82, 2.24) is 9.97 Å². The molecule has 0 spiro atoms. The lowest BCUT2D eigenvalue weighted by Gasteiger charge is -2.32. The van der Waals surface area contributed by atoms with E-state index in [1.807, 2.05) is 0 Å². The average Bonchev–Trinajstić information content (AvgIpc) is 3.47. The molecule has 2 aliphatic rings. The number of nitrogens with zero attached hydrogens (tertiary/aromatic N) is 3. The van der Waals surface area contributed by atoms with Crippen LogP contribution in [0.1, 0.15) is 24.8 Å². The van der Waals surface area contributed by atoms with Crippen LogP contribution < -0.4 is 4.90 Å². The molecule has 1 aliphatic heterocycles. The van der Waals surface area contributed by atoms with Crippen LogP contribution in [0.5, 0.6) is 0 Å². The van der Waals surface area contributed by atoms with Gasteiger partial charge in [0.2, 0.25) is 5.95 Å². The van der Waals surface area contributed by atoms with Crippen LogP contribution in [0.4, 0.5) is 14.7 Å². The molecule has 0 radical (unpaired) electrons. The number of hydrogen-bond donors (Lipinski definition) is 0. The zero-order valence-electron chi connectivity index (χ0n) is 17.1. The fourth-order valence-corrected chi connectivity index (χ4v) is 5.34. The van der Waals surface area contributed by atoms with Gasteiger partial charge in [-0.2, -0.15) is 0 Å². The first-order valence-electron chi connectivity index (χ1n) is 10.2. The monoisotopic (exact) mass is 471 g/mol. The maximum atomic E-state index is 14.0. The van der Waals surface area contributed by atoms with Crippen LogP contribution in [0.15, 0.2) is 29.4 Å². The molecule has 1 aromatic carbocycles. The highest BCUT2D eigenvalue weighted by molar-refractivity contribution is 7.90. The standard InChI is InChI=1S/C21H24ClF2N3O3S/c1-31(28,29)20-18(23)6-13(7-19(20)24)11-30-12-15-8-17(15)14-2-4-27(5-3-14)21-25-9-16(22)10-26-21/h6-7,9-10,14-15,17H,2-5,8,11-12H2,1H3. The van der Waals surface area contributed by atoms with Crippen molar-refractivity contribution in [2.24, 2.45) is 17.8 Å². The summed E-state index contributed by atoms with van der Waals surface area (Å²) in [7, 11) is -3.96. The van der Waals surface area contributed by atoms with Crippen LogP contribution in [0.2, 0.25) is 5.02 Å². The van der Waals surface area contributed by atoms with Gasteiger partial charge in [0.15, 0.2) is 9.84 Å². The highest BCUT2D eigenvalue weighted by atomic mass is 35.5. The van der Waals surface area contributed by atoms with Crippen molar-refractivity contribution in [3.05, 3.63) is 46.7 Å². The fourth-order valence-electron chi connectivity index (χ4n) is 4.41. The van der Waals surface area contributed by atoms with E-state index in [1.54, 1.807) is 12.4 Å². The molecule has 0 bridgehead atoms.